The van der Waals surface area contributed by atoms with E-state index in [0.717, 1.165) is 12.8 Å². The Labute approximate surface area is 160 Å². The summed E-state index contributed by atoms with van der Waals surface area (Å²) >= 11 is 6.93. The Morgan fingerprint density at radius 2 is 1.69 bits per heavy atom. The van der Waals surface area contributed by atoms with Gasteiger partial charge in [-0.25, -0.2) is 0 Å². The zero-order valence-electron chi connectivity index (χ0n) is 14.8. The predicted octanol–water partition coefficient (Wildman–Crippen LogP) is 4.09. The number of amides is 1. The van der Waals surface area contributed by atoms with Crippen LogP contribution in [-0.4, -0.2) is 29.4 Å². The van der Waals surface area contributed by atoms with E-state index in [-0.39, 0.29) is 22.7 Å². The molecule has 2 fully saturated rings. The number of alkyl halides is 1. The second-order valence-corrected chi connectivity index (χ2v) is 8.12. The Morgan fingerprint density at radius 1 is 1.08 bits per heavy atom. The molecule has 2 saturated heterocycles. The van der Waals surface area contributed by atoms with E-state index in [1.807, 2.05) is 36.4 Å². The van der Waals surface area contributed by atoms with Crippen LogP contribution in [0.25, 0.3) is 0 Å². The molecular weight excluding hydrogens is 344 g/mol. The van der Waals surface area contributed by atoms with Crippen molar-refractivity contribution in [2.75, 3.05) is 6.54 Å². The minimum absolute atomic E-state index is 0.0654. The van der Waals surface area contributed by atoms with Gasteiger partial charge in [0.05, 0.1) is 5.38 Å². The van der Waals surface area contributed by atoms with Crippen molar-refractivity contribution in [1.82, 2.24) is 10.6 Å². The van der Waals surface area contributed by atoms with Crippen LogP contribution in [0, 0.1) is 0 Å². The number of carbonyl (C=O) groups excluding carboxylic acids is 1. The van der Waals surface area contributed by atoms with Gasteiger partial charge in [-0.05, 0) is 43.4 Å². The summed E-state index contributed by atoms with van der Waals surface area (Å²) in [4.78, 5) is 12.4. The summed E-state index contributed by atoms with van der Waals surface area (Å²) in [5, 5.41) is 6.71. The topological polar surface area (TPSA) is 41.1 Å². The number of fused-ring (bicyclic) bond motifs is 2. The van der Waals surface area contributed by atoms with Gasteiger partial charge in [-0.2, -0.15) is 0 Å². The molecule has 2 N–H and O–H groups in total. The smallest absolute Gasteiger partial charge is 0.251 e. The number of halogens is 1. The van der Waals surface area contributed by atoms with Crippen LogP contribution in [0.15, 0.2) is 60.7 Å². The predicted molar refractivity (Wildman–Crippen MR) is 106 cm³/mol. The Kier molecular flexibility index (Phi) is 5.01. The van der Waals surface area contributed by atoms with Crippen molar-refractivity contribution in [3.63, 3.8) is 0 Å². The molecule has 0 radical (unpaired) electrons. The van der Waals surface area contributed by atoms with Crippen LogP contribution in [0.1, 0.15) is 47.5 Å². The first-order chi connectivity index (χ1) is 12.7. The molecule has 3 nitrogen and oxygen atoms in total. The summed E-state index contributed by atoms with van der Waals surface area (Å²) in [7, 11) is 0. The molecule has 4 rings (SSSR count). The fourth-order valence-corrected chi connectivity index (χ4v) is 5.23. The van der Waals surface area contributed by atoms with Gasteiger partial charge in [0.1, 0.15) is 0 Å². The molecule has 2 heterocycles. The van der Waals surface area contributed by atoms with Crippen molar-refractivity contribution < 1.29 is 4.79 Å². The van der Waals surface area contributed by atoms with E-state index in [1.54, 1.807) is 0 Å². The first-order valence-electron chi connectivity index (χ1n) is 9.48. The minimum atomic E-state index is -0.158. The average Bonchev–Trinajstić information content (AvgIpc) is 3.29. The highest BCUT2D eigenvalue weighted by molar-refractivity contribution is 6.21. The monoisotopic (exact) mass is 368 g/mol. The number of rotatable bonds is 6. The fraction of sp³-hybridized carbons (Fsp3) is 0.409. The van der Waals surface area contributed by atoms with E-state index < -0.39 is 0 Å². The third-order valence-electron chi connectivity index (χ3n) is 5.98. The van der Waals surface area contributed by atoms with Gasteiger partial charge < -0.3 is 10.6 Å². The Bertz CT molecular complexity index is 741. The van der Waals surface area contributed by atoms with Crippen molar-refractivity contribution in [3.8, 4) is 0 Å². The van der Waals surface area contributed by atoms with Gasteiger partial charge >= 0.3 is 0 Å². The second-order valence-electron chi connectivity index (χ2n) is 7.56. The van der Waals surface area contributed by atoms with E-state index >= 15 is 0 Å². The highest BCUT2D eigenvalue weighted by Gasteiger charge is 2.51. The molecular formula is C22H25ClN2O. The summed E-state index contributed by atoms with van der Waals surface area (Å²) in [6, 6.07) is 20.5. The van der Waals surface area contributed by atoms with Crippen LogP contribution in [0.4, 0.5) is 0 Å². The molecule has 0 spiro atoms. The number of benzene rings is 2. The largest absolute Gasteiger partial charge is 0.351 e. The molecule has 0 aliphatic carbocycles. The van der Waals surface area contributed by atoms with E-state index in [4.69, 9.17) is 11.6 Å². The summed E-state index contributed by atoms with van der Waals surface area (Å²) in [6.07, 6.45) is 4.77. The molecule has 2 aliphatic heterocycles. The average molecular weight is 369 g/mol. The lowest BCUT2D eigenvalue weighted by molar-refractivity contribution is 0.0951. The van der Waals surface area contributed by atoms with E-state index in [2.05, 4.69) is 34.9 Å². The minimum Gasteiger partial charge on any atom is -0.351 e. The van der Waals surface area contributed by atoms with Crippen LogP contribution in [0.5, 0.6) is 0 Å². The molecule has 136 valence electrons. The number of nitrogens with one attached hydrogen (secondary N) is 2. The quantitative estimate of drug-likeness (QED) is 0.754. The lowest BCUT2D eigenvalue weighted by Gasteiger charge is -2.39. The Balaban J connectivity index is 1.51. The van der Waals surface area contributed by atoms with Crippen molar-refractivity contribution >= 4 is 17.5 Å². The van der Waals surface area contributed by atoms with Crippen molar-refractivity contribution in [2.45, 2.75) is 48.6 Å². The van der Waals surface area contributed by atoms with Gasteiger partial charge in [0.2, 0.25) is 0 Å². The number of hydrogen-bond donors (Lipinski definition) is 2. The van der Waals surface area contributed by atoms with Gasteiger partial charge in [-0.3, -0.25) is 4.79 Å². The summed E-state index contributed by atoms with van der Waals surface area (Å²) in [5.41, 5.74) is 2.00. The van der Waals surface area contributed by atoms with E-state index in [9.17, 15) is 4.79 Å². The lowest BCUT2D eigenvalue weighted by atomic mass is 9.72. The molecule has 4 heteroatoms. The Morgan fingerprint density at radius 3 is 2.27 bits per heavy atom. The Hall–Kier alpha value is -1.84. The zero-order chi connectivity index (χ0) is 18.0. The highest BCUT2D eigenvalue weighted by atomic mass is 35.5. The zero-order valence-corrected chi connectivity index (χ0v) is 15.6. The first kappa shape index (κ1) is 17.6. The van der Waals surface area contributed by atoms with Crippen molar-refractivity contribution in [3.05, 3.63) is 71.8 Å². The maximum absolute atomic E-state index is 12.4. The van der Waals surface area contributed by atoms with Crippen LogP contribution >= 0.6 is 11.6 Å². The summed E-state index contributed by atoms with van der Waals surface area (Å²) < 4.78 is 0. The maximum Gasteiger partial charge on any atom is 0.251 e. The molecule has 0 saturated carbocycles. The highest BCUT2D eigenvalue weighted by Crippen LogP contribution is 2.48. The fourth-order valence-electron chi connectivity index (χ4n) is 4.76. The van der Waals surface area contributed by atoms with Crippen LogP contribution < -0.4 is 10.6 Å². The molecule has 2 bridgehead atoms. The third kappa shape index (κ3) is 3.38. The maximum atomic E-state index is 12.4. The van der Waals surface area contributed by atoms with Crippen molar-refractivity contribution in [1.29, 1.82) is 0 Å². The van der Waals surface area contributed by atoms with Crippen LogP contribution in [0.3, 0.4) is 0 Å². The van der Waals surface area contributed by atoms with Gasteiger partial charge in [0.15, 0.2) is 0 Å². The normalized spacial score (nSPS) is 26.4. The van der Waals surface area contributed by atoms with Gasteiger partial charge in [0, 0.05) is 29.6 Å². The van der Waals surface area contributed by atoms with Gasteiger partial charge in [-0.1, -0.05) is 48.5 Å². The van der Waals surface area contributed by atoms with Crippen LogP contribution in [-0.2, 0) is 0 Å². The van der Waals surface area contributed by atoms with E-state index in [1.165, 1.54) is 18.4 Å². The third-order valence-corrected chi connectivity index (χ3v) is 6.38. The van der Waals surface area contributed by atoms with E-state index in [0.29, 0.717) is 18.2 Å². The standard InChI is InChI=1S/C22H25ClN2O/c23-19(15-24-21(26)17-9-5-2-6-10-17)20(16-7-3-1-4-8-16)22-13-11-18(25-22)12-14-22/h1-10,18-20,25H,11-15H2,(H,24,26). The molecule has 1 amide bonds. The summed E-state index contributed by atoms with van der Waals surface area (Å²) in [6.45, 7) is 0.461. The lowest BCUT2D eigenvalue weighted by Crippen LogP contribution is -2.48. The summed E-state index contributed by atoms with van der Waals surface area (Å²) in [5.74, 6) is 0.123. The SMILES string of the molecule is O=C(NCC(Cl)C(c1ccccc1)C12CCC(CC1)N2)c1ccccc1. The van der Waals surface area contributed by atoms with Gasteiger partial charge in [-0.15, -0.1) is 11.6 Å². The molecule has 2 aromatic rings. The first-order valence-corrected chi connectivity index (χ1v) is 9.91. The molecule has 2 atom stereocenters. The van der Waals surface area contributed by atoms with Crippen molar-refractivity contribution in [2.24, 2.45) is 0 Å². The molecule has 2 unspecified atom stereocenters. The molecule has 2 aliphatic rings. The van der Waals surface area contributed by atoms with Gasteiger partial charge in [0.25, 0.3) is 5.91 Å². The molecule has 0 aromatic heterocycles. The molecule has 26 heavy (non-hydrogen) atoms. The molecule has 2 aromatic carbocycles. The van der Waals surface area contributed by atoms with Crippen LogP contribution in [0.2, 0.25) is 0 Å². The number of hydrogen-bond acceptors (Lipinski definition) is 2. The number of carbonyl (C=O) groups is 1. The second kappa shape index (κ2) is 7.42.